The Balaban J connectivity index is 1.89. The molecule has 20 heavy (non-hydrogen) atoms. The molecule has 1 N–H and O–H groups in total. The highest BCUT2D eigenvalue weighted by molar-refractivity contribution is 5.41. The van der Waals surface area contributed by atoms with Crippen molar-refractivity contribution in [2.75, 3.05) is 0 Å². The first-order valence-corrected chi connectivity index (χ1v) is 7.21. The Kier molecular flexibility index (Phi) is 3.57. The van der Waals surface area contributed by atoms with Gasteiger partial charge in [-0.3, -0.25) is 0 Å². The molecule has 1 aliphatic carbocycles. The number of benzene rings is 1. The summed E-state index contributed by atoms with van der Waals surface area (Å²) in [6.45, 7) is 4.93. The molecule has 0 radical (unpaired) electrons. The summed E-state index contributed by atoms with van der Waals surface area (Å²) in [6, 6.07) is 7.52. The van der Waals surface area contributed by atoms with Gasteiger partial charge in [-0.15, -0.1) is 0 Å². The fourth-order valence-corrected chi connectivity index (χ4v) is 2.24. The molecule has 2 aromatic rings. The predicted molar refractivity (Wildman–Crippen MR) is 77.5 cm³/mol. The predicted octanol–water partition coefficient (Wildman–Crippen LogP) is 3.39. The summed E-state index contributed by atoms with van der Waals surface area (Å²) in [7, 11) is 0. The van der Waals surface area contributed by atoms with E-state index in [1.165, 1.54) is 18.9 Å². The summed E-state index contributed by atoms with van der Waals surface area (Å²) >= 11 is 0. The lowest BCUT2D eigenvalue weighted by Crippen LogP contribution is -2.17. The van der Waals surface area contributed by atoms with Crippen LogP contribution in [-0.2, 0) is 6.54 Å². The maximum Gasteiger partial charge on any atom is 0.123 e. The fourth-order valence-electron chi connectivity index (χ4n) is 2.24. The highest BCUT2D eigenvalue weighted by Crippen LogP contribution is 2.22. The van der Waals surface area contributed by atoms with E-state index in [-0.39, 0.29) is 5.82 Å². The van der Waals surface area contributed by atoms with Crippen LogP contribution in [-0.4, -0.2) is 15.8 Å². The number of nitrogens with zero attached hydrogens (tertiary/aromatic N) is 2. The number of halogens is 1. The topological polar surface area (TPSA) is 29.9 Å². The highest BCUT2D eigenvalue weighted by atomic mass is 19.1. The first-order valence-electron chi connectivity index (χ1n) is 7.21. The molecule has 0 bridgehead atoms. The Hall–Kier alpha value is -1.68. The van der Waals surface area contributed by atoms with Gasteiger partial charge in [0.15, 0.2) is 0 Å². The Morgan fingerprint density at radius 2 is 2.15 bits per heavy atom. The van der Waals surface area contributed by atoms with Gasteiger partial charge in [0.25, 0.3) is 0 Å². The van der Waals surface area contributed by atoms with E-state index in [2.05, 4.69) is 24.3 Å². The number of rotatable bonds is 5. The number of nitrogens with one attached hydrogen (secondary N) is 1. The molecule has 1 fully saturated rings. The first kappa shape index (κ1) is 13.3. The van der Waals surface area contributed by atoms with Gasteiger partial charge < -0.3 is 5.32 Å². The van der Waals surface area contributed by atoms with E-state index in [9.17, 15) is 4.39 Å². The second-order valence-corrected chi connectivity index (χ2v) is 5.77. The lowest BCUT2D eigenvalue weighted by Gasteiger charge is -2.11. The summed E-state index contributed by atoms with van der Waals surface area (Å²) in [5.41, 5.74) is 2.96. The third kappa shape index (κ3) is 2.90. The largest absolute Gasteiger partial charge is 0.310 e. The SMILES string of the molecule is CC(C)c1ccn(-c2ccc(F)cc2CNC2CC2)n1. The normalized spacial score (nSPS) is 15.0. The van der Waals surface area contributed by atoms with E-state index < -0.39 is 0 Å². The van der Waals surface area contributed by atoms with Crippen molar-refractivity contribution >= 4 is 0 Å². The lowest BCUT2D eigenvalue weighted by molar-refractivity contribution is 0.616. The third-order valence-electron chi connectivity index (χ3n) is 3.65. The lowest BCUT2D eigenvalue weighted by atomic mass is 10.1. The Labute approximate surface area is 118 Å². The zero-order chi connectivity index (χ0) is 14.1. The minimum atomic E-state index is -0.197. The van der Waals surface area contributed by atoms with Crippen LogP contribution in [0.1, 0.15) is 43.9 Å². The van der Waals surface area contributed by atoms with Crippen molar-refractivity contribution in [1.29, 1.82) is 0 Å². The zero-order valence-corrected chi connectivity index (χ0v) is 11.9. The van der Waals surface area contributed by atoms with E-state index in [1.807, 2.05) is 16.9 Å². The summed E-state index contributed by atoms with van der Waals surface area (Å²) in [5, 5.41) is 8.01. The van der Waals surface area contributed by atoms with E-state index in [0.717, 1.165) is 16.9 Å². The van der Waals surface area contributed by atoms with Gasteiger partial charge >= 0.3 is 0 Å². The molecular formula is C16H20FN3. The smallest absolute Gasteiger partial charge is 0.123 e. The molecule has 0 saturated heterocycles. The van der Waals surface area contributed by atoms with Gasteiger partial charge in [0.05, 0.1) is 11.4 Å². The Morgan fingerprint density at radius 1 is 1.35 bits per heavy atom. The number of aromatic nitrogens is 2. The summed E-state index contributed by atoms with van der Waals surface area (Å²) in [4.78, 5) is 0. The Bertz CT molecular complexity index is 600. The molecule has 1 aliphatic rings. The van der Waals surface area contributed by atoms with Crippen LogP contribution in [0.3, 0.4) is 0 Å². The minimum Gasteiger partial charge on any atom is -0.310 e. The highest BCUT2D eigenvalue weighted by Gasteiger charge is 2.21. The van der Waals surface area contributed by atoms with Gasteiger partial charge in [-0.1, -0.05) is 13.8 Å². The molecule has 1 aromatic carbocycles. The quantitative estimate of drug-likeness (QED) is 0.905. The van der Waals surface area contributed by atoms with Crippen LogP contribution in [0.25, 0.3) is 5.69 Å². The maximum absolute atomic E-state index is 13.5. The van der Waals surface area contributed by atoms with Crippen molar-refractivity contribution in [2.45, 2.75) is 45.2 Å². The Morgan fingerprint density at radius 3 is 2.80 bits per heavy atom. The van der Waals surface area contributed by atoms with E-state index in [4.69, 9.17) is 0 Å². The first-order chi connectivity index (χ1) is 9.63. The number of hydrogen-bond donors (Lipinski definition) is 1. The summed E-state index contributed by atoms with van der Waals surface area (Å²) in [6.07, 6.45) is 4.40. The van der Waals surface area contributed by atoms with Crippen molar-refractivity contribution in [2.24, 2.45) is 0 Å². The molecule has 1 aromatic heterocycles. The van der Waals surface area contributed by atoms with Gasteiger partial charge in [0.1, 0.15) is 5.82 Å². The minimum absolute atomic E-state index is 0.197. The van der Waals surface area contributed by atoms with E-state index >= 15 is 0 Å². The molecule has 1 heterocycles. The zero-order valence-electron chi connectivity index (χ0n) is 11.9. The molecule has 4 heteroatoms. The van der Waals surface area contributed by atoms with Crippen LogP contribution in [0.15, 0.2) is 30.5 Å². The summed E-state index contributed by atoms with van der Waals surface area (Å²) in [5.74, 6) is 0.197. The molecule has 106 valence electrons. The van der Waals surface area contributed by atoms with Crippen LogP contribution in [0, 0.1) is 5.82 Å². The molecule has 0 unspecified atom stereocenters. The van der Waals surface area contributed by atoms with Gasteiger partial charge in [-0.05, 0) is 48.6 Å². The van der Waals surface area contributed by atoms with Crippen molar-refractivity contribution in [3.8, 4) is 5.69 Å². The van der Waals surface area contributed by atoms with Gasteiger partial charge in [0.2, 0.25) is 0 Å². The van der Waals surface area contributed by atoms with Crippen molar-refractivity contribution < 1.29 is 4.39 Å². The van der Waals surface area contributed by atoms with Crippen LogP contribution in [0.4, 0.5) is 4.39 Å². The van der Waals surface area contributed by atoms with Crippen LogP contribution in [0.2, 0.25) is 0 Å². The molecule has 0 aliphatic heterocycles. The van der Waals surface area contributed by atoms with Crippen molar-refractivity contribution in [1.82, 2.24) is 15.1 Å². The molecule has 0 spiro atoms. The molecule has 0 atom stereocenters. The maximum atomic E-state index is 13.5. The average molecular weight is 273 g/mol. The van der Waals surface area contributed by atoms with Crippen molar-refractivity contribution in [3.05, 3.63) is 47.5 Å². The monoisotopic (exact) mass is 273 g/mol. The molecule has 1 saturated carbocycles. The van der Waals surface area contributed by atoms with Gasteiger partial charge in [0, 0.05) is 18.8 Å². The van der Waals surface area contributed by atoms with Gasteiger partial charge in [-0.25, -0.2) is 9.07 Å². The van der Waals surface area contributed by atoms with Crippen LogP contribution < -0.4 is 5.32 Å². The van der Waals surface area contributed by atoms with Crippen molar-refractivity contribution in [3.63, 3.8) is 0 Å². The van der Waals surface area contributed by atoms with Gasteiger partial charge in [-0.2, -0.15) is 5.10 Å². The molecule has 3 rings (SSSR count). The van der Waals surface area contributed by atoms with E-state index in [1.54, 1.807) is 12.1 Å². The number of hydrogen-bond acceptors (Lipinski definition) is 2. The standard InChI is InChI=1S/C16H20FN3/c1-11(2)15-7-8-20(19-15)16-6-3-13(17)9-12(16)10-18-14-4-5-14/h3,6-9,11,14,18H,4-5,10H2,1-2H3. The second kappa shape index (κ2) is 5.37. The van der Waals surface area contributed by atoms with Crippen LogP contribution in [0.5, 0.6) is 0 Å². The average Bonchev–Trinajstić information content (AvgIpc) is 3.11. The third-order valence-corrected chi connectivity index (χ3v) is 3.65. The van der Waals surface area contributed by atoms with E-state index in [0.29, 0.717) is 18.5 Å². The summed E-state index contributed by atoms with van der Waals surface area (Å²) < 4.78 is 15.3. The molecule has 0 amide bonds. The van der Waals surface area contributed by atoms with Crippen LogP contribution >= 0.6 is 0 Å². The second-order valence-electron chi connectivity index (χ2n) is 5.77. The molecule has 3 nitrogen and oxygen atoms in total. The fraction of sp³-hybridized carbons (Fsp3) is 0.438. The molecular weight excluding hydrogens is 253 g/mol.